The zero-order valence-electron chi connectivity index (χ0n) is 11.8. The highest BCUT2D eigenvalue weighted by molar-refractivity contribution is 5.99. The number of aromatic carboxylic acids is 1. The SMILES string of the molecule is Cc1cc(-c2cnc3[nH]ccc3c2)c2oc(C(=O)O)cc2c1. The Morgan fingerprint density at radius 2 is 2.09 bits per heavy atom. The smallest absolute Gasteiger partial charge is 0.371 e. The summed E-state index contributed by atoms with van der Waals surface area (Å²) in [4.78, 5) is 18.6. The van der Waals surface area contributed by atoms with E-state index >= 15 is 0 Å². The maximum Gasteiger partial charge on any atom is 0.371 e. The van der Waals surface area contributed by atoms with Crippen LogP contribution in [0.1, 0.15) is 16.1 Å². The standard InChI is InChI=1S/C17H12N2O3/c1-9-4-11-7-14(17(20)21)22-15(11)13(5-9)12-6-10-2-3-18-16(10)19-8-12/h2-8H,1H3,(H,18,19)(H,20,21). The van der Waals surface area contributed by atoms with Gasteiger partial charge in [0.05, 0.1) is 0 Å². The Balaban J connectivity index is 2.01. The predicted octanol–water partition coefficient (Wildman–Crippen LogP) is 3.98. The predicted molar refractivity (Wildman–Crippen MR) is 83.0 cm³/mol. The third-order valence-corrected chi connectivity index (χ3v) is 3.68. The quantitative estimate of drug-likeness (QED) is 0.585. The summed E-state index contributed by atoms with van der Waals surface area (Å²) in [5, 5.41) is 10.9. The molecule has 0 spiro atoms. The summed E-state index contributed by atoms with van der Waals surface area (Å²) in [5.74, 6) is -1.13. The number of carbonyl (C=O) groups is 1. The molecule has 0 radical (unpaired) electrons. The highest BCUT2D eigenvalue weighted by Crippen LogP contribution is 2.33. The maximum atomic E-state index is 11.1. The number of carboxylic acids is 1. The van der Waals surface area contributed by atoms with E-state index in [1.807, 2.05) is 37.4 Å². The van der Waals surface area contributed by atoms with E-state index in [9.17, 15) is 4.79 Å². The highest BCUT2D eigenvalue weighted by Gasteiger charge is 2.15. The molecule has 22 heavy (non-hydrogen) atoms. The van der Waals surface area contributed by atoms with Crippen molar-refractivity contribution in [2.75, 3.05) is 0 Å². The summed E-state index contributed by atoms with van der Waals surface area (Å²) in [7, 11) is 0. The van der Waals surface area contributed by atoms with Crippen LogP contribution >= 0.6 is 0 Å². The topological polar surface area (TPSA) is 79.1 Å². The van der Waals surface area contributed by atoms with Crippen molar-refractivity contribution in [2.45, 2.75) is 6.92 Å². The fraction of sp³-hybridized carbons (Fsp3) is 0.0588. The van der Waals surface area contributed by atoms with Gasteiger partial charge in [0.25, 0.3) is 0 Å². The van der Waals surface area contributed by atoms with Crippen LogP contribution in [0.15, 0.2) is 47.1 Å². The fourth-order valence-corrected chi connectivity index (χ4v) is 2.71. The molecule has 0 unspecified atom stereocenters. The van der Waals surface area contributed by atoms with E-state index in [2.05, 4.69) is 9.97 Å². The zero-order chi connectivity index (χ0) is 15.3. The van der Waals surface area contributed by atoms with Crippen LogP contribution in [0.3, 0.4) is 0 Å². The van der Waals surface area contributed by atoms with Crippen LogP contribution in [-0.4, -0.2) is 21.0 Å². The lowest BCUT2D eigenvalue weighted by Gasteiger charge is -2.04. The number of hydrogen-bond acceptors (Lipinski definition) is 3. The molecule has 5 nitrogen and oxygen atoms in total. The van der Waals surface area contributed by atoms with Gasteiger partial charge in [-0.05, 0) is 42.8 Å². The molecule has 0 aliphatic heterocycles. The number of furan rings is 1. The Morgan fingerprint density at radius 1 is 1.23 bits per heavy atom. The number of H-pyrrole nitrogens is 1. The molecular formula is C17H12N2O3. The molecule has 2 N–H and O–H groups in total. The number of carboxylic acid groups (broad SMARTS) is 1. The average molecular weight is 292 g/mol. The number of nitrogens with zero attached hydrogens (tertiary/aromatic N) is 1. The molecule has 108 valence electrons. The molecule has 0 aliphatic rings. The van der Waals surface area contributed by atoms with Crippen molar-refractivity contribution in [2.24, 2.45) is 0 Å². The van der Waals surface area contributed by atoms with Gasteiger partial charge in [-0.1, -0.05) is 0 Å². The number of aromatic nitrogens is 2. The lowest BCUT2D eigenvalue weighted by molar-refractivity contribution is 0.0665. The molecule has 1 aromatic carbocycles. The number of nitrogens with one attached hydrogen (secondary N) is 1. The van der Waals surface area contributed by atoms with Gasteiger partial charge in [0.15, 0.2) is 0 Å². The number of aryl methyl sites for hydroxylation is 1. The second kappa shape index (κ2) is 4.46. The second-order valence-electron chi connectivity index (χ2n) is 5.29. The van der Waals surface area contributed by atoms with Crippen LogP contribution in [0.25, 0.3) is 33.1 Å². The molecule has 0 fully saturated rings. The Labute approximate surface area is 125 Å². The number of benzene rings is 1. The summed E-state index contributed by atoms with van der Waals surface area (Å²) in [6.45, 7) is 1.97. The number of pyridine rings is 1. The molecular weight excluding hydrogens is 280 g/mol. The molecule has 0 saturated carbocycles. The summed E-state index contributed by atoms with van der Waals surface area (Å²) in [5.41, 5.74) is 4.16. The second-order valence-corrected chi connectivity index (χ2v) is 5.29. The van der Waals surface area contributed by atoms with Crippen LogP contribution < -0.4 is 0 Å². The van der Waals surface area contributed by atoms with Crippen molar-refractivity contribution in [1.82, 2.24) is 9.97 Å². The maximum absolute atomic E-state index is 11.1. The normalized spacial score (nSPS) is 11.3. The van der Waals surface area contributed by atoms with Crippen molar-refractivity contribution >= 4 is 28.0 Å². The third kappa shape index (κ3) is 1.87. The van der Waals surface area contributed by atoms with E-state index in [0.29, 0.717) is 5.58 Å². The largest absolute Gasteiger partial charge is 0.475 e. The van der Waals surface area contributed by atoms with E-state index in [4.69, 9.17) is 9.52 Å². The molecule has 3 heterocycles. The van der Waals surface area contributed by atoms with Crippen molar-refractivity contribution in [3.05, 3.63) is 54.0 Å². The number of hydrogen-bond donors (Lipinski definition) is 2. The van der Waals surface area contributed by atoms with Gasteiger partial charge in [-0.15, -0.1) is 0 Å². The lowest BCUT2D eigenvalue weighted by Crippen LogP contribution is -1.91. The number of rotatable bonds is 2. The summed E-state index contributed by atoms with van der Waals surface area (Å²) >= 11 is 0. The molecule has 0 bridgehead atoms. The summed E-state index contributed by atoms with van der Waals surface area (Å²) < 4.78 is 5.53. The Hall–Kier alpha value is -3.08. The molecule has 0 aliphatic carbocycles. The molecule has 0 atom stereocenters. The molecule has 5 heteroatoms. The van der Waals surface area contributed by atoms with Crippen LogP contribution in [0.5, 0.6) is 0 Å². The van der Waals surface area contributed by atoms with Crippen molar-refractivity contribution < 1.29 is 14.3 Å². The minimum absolute atomic E-state index is 0.0578. The number of aromatic amines is 1. The Bertz CT molecular complexity index is 1030. The first-order valence-corrected chi connectivity index (χ1v) is 6.83. The van der Waals surface area contributed by atoms with Crippen LogP contribution in [0.2, 0.25) is 0 Å². The molecule has 0 saturated heterocycles. The monoisotopic (exact) mass is 292 g/mol. The minimum Gasteiger partial charge on any atom is -0.475 e. The minimum atomic E-state index is -1.07. The van der Waals surface area contributed by atoms with E-state index in [1.165, 1.54) is 0 Å². The van der Waals surface area contributed by atoms with Gasteiger partial charge in [-0.3, -0.25) is 0 Å². The van der Waals surface area contributed by atoms with E-state index in [1.54, 1.807) is 12.3 Å². The van der Waals surface area contributed by atoms with E-state index in [-0.39, 0.29) is 5.76 Å². The third-order valence-electron chi connectivity index (χ3n) is 3.68. The molecule has 0 amide bonds. The molecule has 4 rings (SSSR count). The van der Waals surface area contributed by atoms with Crippen LogP contribution in [-0.2, 0) is 0 Å². The van der Waals surface area contributed by atoms with Gasteiger partial charge < -0.3 is 14.5 Å². The first-order chi connectivity index (χ1) is 10.6. The first kappa shape index (κ1) is 12.6. The molecule has 4 aromatic rings. The molecule has 3 aromatic heterocycles. The summed E-state index contributed by atoms with van der Waals surface area (Å²) in [6.07, 6.45) is 3.60. The Kier molecular flexibility index (Phi) is 2.56. The van der Waals surface area contributed by atoms with Crippen LogP contribution in [0, 0.1) is 6.92 Å². The number of fused-ring (bicyclic) bond motifs is 2. The highest BCUT2D eigenvalue weighted by atomic mass is 16.4. The zero-order valence-corrected chi connectivity index (χ0v) is 11.8. The van der Waals surface area contributed by atoms with Crippen LogP contribution in [0.4, 0.5) is 0 Å². The first-order valence-electron chi connectivity index (χ1n) is 6.83. The van der Waals surface area contributed by atoms with Gasteiger partial charge in [-0.25, -0.2) is 9.78 Å². The fourth-order valence-electron chi connectivity index (χ4n) is 2.71. The Morgan fingerprint density at radius 3 is 2.91 bits per heavy atom. The van der Waals surface area contributed by atoms with Crippen molar-refractivity contribution in [3.63, 3.8) is 0 Å². The van der Waals surface area contributed by atoms with E-state index in [0.717, 1.165) is 33.1 Å². The van der Waals surface area contributed by atoms with Crippen molar-refractivity contribution in [1.29, 1.82) is 0 Å². The van der Waals surface area contributed by atoms with Crippen molar-refractivity contribution in [3.8, 4) is 11.1 Å². The lowest BCUT2D eigenvalue weighted by atomic mass is 10.0. The van der Waals surface area contributed by atoms with Gasteiger partial charge in [0.2, 0.25) is 5.76 Å². The average Bonchev–Trinajstić information content (AvgIpc) is 3.11. The van der Waals surface area contributed by atoms with E-state index < -0.39 is 5.97 Å². The summed E-state index contributed by atoms with van der Waals surface area (Å²) in [6, 6.07) is 9.40. The van der Waals surface area contributed by atoms with Gasteiger partial charge in [-0.2, -0.15) is 0 Å². The van der Waals surface area contributed by atoms with Gasteiger partial charge >= 0.3 is 5.97 Å². The van der Waals surface area contributed by atoms with Gasteiger partial charge in [0, 0.05) is 34.3 Å². The van der Waals surface area contributed by atoms with Gasteiger partial charge in [0.1, 0.15) is 11.2 Å².